The molecule has 1 aromatic heterocycles. The van der Waals surface area contributed by atoms with E-state index in [-0.39, 0.29) is 29.4 Å². The summed E-state index contributed by atoms with van der Waals surface area (Å²) < 4.78 is 12.7. The number of methoxy groups -OCH3 is 1. The number of aliphatic hydroxyl groups excluding tert-OH is 1. The van der Waals surface area contributed by atoms with Crippen LogP contribution in [-0.2, 0) is 16.1 Å². The standard InChI is InChI=1S/C26H27N3O6/c1-3-35-19-7-4-6-18(14-19)24(31)22-23(17-8-9-20(30)21(15-17)34-2)29(26(33)25(22)32)12-5-11-28-13-10-27-16-28/h4,6-10,13-16,23,30-31H,3,5,11-12H2,1-2H3. The first kappa shape index (κ1) is 23.9. The van der Waals surface area contributed by atoms with Crippen LogP contribution in [0.2, 0.25) is 0 Å². The van der Waals surface area contributed by atoms with Gasteiger partial charge in [0.2, 0.25) is 0 Å². The van der Waals surface area contributed by atoms with Gasteiger partial charge in [0.25, 0.3) is 11.7 Å². The summed E-state index contributed by atoms with van der Waals surface area (Å²) >= 11 is 0. The molecule has 35 heavy (non-hydrogen) atoms. The van der Waals surface area contributed by atoms with Gasteiger partial charge >= 0.3 is 0 Å². The van der Waals surface area contributed by atoms with Crippen LogP contribution in [0.5, 0.6) is 17.2 Å². The first-order valence-electron chi connectivity index (χ1n) is 11.3. The monoisotopic (exact) mass is 477 g/mol. The van der Waals surface area contributed by atoms with Crippen LogP contribution in [0.3, 0.4) is 0 Å². The van der Waals surface area contributed by atoms with E-state index >= 15 is 0 Å². The van der Waals surface area contributed by atoms with Crippen molar-refractivity contribution in [1.82, 2.24) is 14.5 Å². The summed E-state index contributed by atoms with van der Waals surface area (Å²) in [5.41, 5.74) is 0.867. The van der Waals surface area contributed by atoms with Crippen molar-refractivity contribution >= 4 is 17.4 Å². The molecule has 1 saturated heterocycles. The van der Waals surface area contributed by atoms with Crippen molar-refractivity contribution in [3.05, 3.63) is 77.9 Å². The second-order valence-electron chi connectivity index (χ2n) is 8.04. The Labute approximate surface area is 202 Å². The molecule has 1 fully saturated rings. The lowest BCUT2D eigenvalue weighted by atomic mass is 9.95. The van der Waals surface area contributed by atoms with Gasteiger partial charge in [-0.1, -0.05) is 18.2 Å². The van der Waals surface area contributed by atoms with Gasteiger partial charge in [0.05, 0.1) is 31.7 Å². The Morgan fingerprint density at radius 2 is 1.97 bits per heavy atom. The van der Waals surface area contributed by atoms with Crippen molar-refractivity contribution in [3.8, 4) is 17.2 Å². The van der Waals surface area contributed by atoms with Crippen molar-refractivity contribution < 1.29 is 29.3 Å². The minimum absolute atomic E-state index is 0.0287. The van der Waals surface area contributed by atoms with E-state index in [1.807, 2.05) is 17.7 Å². The molecule has 9 heteroatoms. The number of aromatic hydroxyl groups is 1. The van der Waals surface area contributed by atoms with Gasteiger partial charge in [0.15, 0.2) is 11.5 Å². The second kappa shape index (κ2) is 10.3. The van der Waals surface area contributed by atoms with Crippen molar-refractivity contribution in [2.24, 2.45) is 0 Å². The van der Waals surface area contributed by atoms with Gasteiger partial charge in [-0.3, -0.25) is 9.59 Å². The number of aliphatic hydroxyl groups is 1. The molecule has 0 radical (unpaired) electrons. The molecule has 0 bridgehead atoms. The molecule has 1 unspecified atom stereocenters. The number of imidazole rings is 1. The Balaban J connectivity index is 1.77. The highest BCUT2D eigenvalue weighted by molar-refractivity contribution is 6.46. The zero-order chi connectivity index (χ0) is 24.9. The fourth-order valence-corrected chi connectivity index (χ4v) is 4.22. The van der Waals surface area contributed by atoms with E-state index in [0.717, 1.165) is 0 Å². The predicted molar refractivity (Wildman–Crippen MR) is 128 cm³/mol. The van der Waals surface area contributed by atoms with Crippen molar-refractivity contribution in [3.63, 3.8) is 0 Å². The number of ether oxygens (including phenoxy) is 2. The van der Waals surface area contributed by atoms with Gasteiger partial charge in [-0.15, -0.1) is 0 Å². The highest BCUT2D eigenvalue weighted by Crippen LogP contribution is 2.42. The lowest BCUT2D eigenvalue weighted by Crippen LogP contribution is -2.31. The fourth-order valence-electron chi connectivity index (χ4n) is 4.22. The van der Waals surface area contributed by atoms with E-state index in [1.165, 1.54) is 18.1 Å². The van der Waals surface area contributed by atoms with Crippen LogP contribution in [0.1, 0.15) is 30.5 Å². The summed E-state index contributed by atoms with van der Waals surface area (Å²) in [6.45, 7) is 3.16. The van der Waals surface area contributed by atoms with Crippen LogP contribution >= 0.6 is 0 Å². The predicted octanol–water partition coefficient (Wildman–Crippen LogP) is 3.51. The quantitative estimate of drug-likeness (QED) is 0.275. The van der Waals surface area contributed by atoms with Gasteiger partial charge in [-0.05, 0) is 43.2 Å². The molecule has 182 valence electrons. The van der Waals surface area contributed by atoms with Gasteiger partial charge in [-0.25, -0.2) is 4.98 Å². The molecule has 9 nitrogen and oxygen atoms in total. The van der Waals surface area contributed by atoms with Crippen molar-refractivity contribution in [2.75, 3.05) is 20.3 Å². The van der Waals surface area contributed by atoms with E-state index in [9.17, 15) is 19.8 Å². The zero-order valence-corrected chi connectivity index (χ0v) is 19.5. The number of carbonyl (C=O) groups is 2. The molecule has 4 rings (SSSR count). The van der Waals surface area contributed by atoms with Crippen LogP contribution in [0, 0.1) is 0 Å². The van der Waals surface area contributed by atoms with Crippen LogP contribution in [0.4, 0.5) is 0 Å². The van der Waals surface area contributed by atoms with E-state index in [4.69, 9.17) is 9.47 Å². The van der Waals surface area contributed by atoms with E-state index < -0.39 is 17.7 Å². The third-order valence-corrected chi connectivity index (χ3v) is 5.85. The number of phenolic OH excluding ortho intramolecular Hbond substituents is 1. The Morgan fingerprint density at radius 3 is 2.69 bits per heavy atom. The number of aromatic nitrogens is 2. The molecule has 0 spiro atoms. The number of hydrogen-bond donors (Lipinski definition) is 2. The summed E-state index contributed by atoms with van der Waals surface area (Å²) in [4.78, 5) is 31.8. The van der Waals surface area contributed by atoms with E-state index in [0.29, 0.717) is 36.4 Å². The smallest absolute Gasteiger partial charge is 0.295 e. The topological polar surface area (TPSA) is 114 Å². The number of ketones is 1. The van der Waals surface area contributed by atoms with Gasteiger partial charge in [-0.2, -0.15) is 0 Å². The van der Waals surface area contributed by atoms with Crippen molar-refractivity contribution in [1.29, 1.82) is 0 Å². The molecular weight excluding hydrogens is 450 g/mol. The van der Waals surface area contributed by atoms with Gasteiger partial charge < -0.3 is 29.2 Å². The van der Waals surface area contributed by atoms with Crippen LogP contribution < -0.4 is 9.47 Å². The number of benzene rings is 2. The number of rotatable bonds is 9. The molecule has 1 aliphatic rings. The third kappa shape index (κ3) is 4.84. The SMILES string of the molecule is CCOc1cccc(C(O)=C2C(=O)C(=O)N(CCCn3ccnc3)C2c2ccc(O)c(OC)c2)c1. The maximum Gasteiger partial charge on any atom is 0.295 e. The molecule has 2 N–H and O–H groups in total. The average molecular weight is 478 g/mol. The highest BCUT2D eigenvalue weighted by Gasteiger charge is 2.46. The number of amides is 1. The number of likely N-dealkylation sites (tertiary alicyclic amines) is 1. The number of Topliss-reactive ketones (excluding diaryl/α,β-unsaturated/α-hetero) is 1. The highest BCUT2D eigenvalue weighted by atomic mass is 16.5. The number of hydrogen-bond acceptors (Lipinski definition) is 7. The lowest BCUT2D eigenvalue weighted by molar-refractivity contribution is -0.139. The maximum absolute atomic E-state index is 13.2. The van der Waals surface area contributed by atoms with Gasteiger partial charge in [0, 0.05) is 31.0 Å². The fraction of sp³-hybridized carbons (Fsp3) is 0.269. The minimum Gasteiger partial charge on any atom is -0.507 e. The molecule has 2 aromatic carbocycles. The Kier molecular flexibility index (Phi) is 7.05. The molecular formula is C26H27N3O6. The first-order valence-corrected chi connectivity index (χ1v) is 11.3. The molecule has 2 heterocycles. The van der Waals surface area contributed by atoms with E-state index in [2.05, 4.69) is 4.98 Å². The van der Waals surface area contributed by atoms with Crippen LogP contribution in [0.15, 0.2) is 66.8 Å². The zero-order valence-electron chi connectivity index (χ0n) is 19.5. The van der Waals surface area contributed by atoms with E-state index in [1.54, 1.807) is 48.9 Å². The molecule has 1 amide bonds. The number of carbonyl (C=O) groups excluding carboxylic acids is 2. The minimum atomic E-state index is -0.858. The Hall–Kier alpha value is -4.27. The molecule has 0 aliphatic carbocycles. The largest absolute Gasteiger partial charge is 0.507 e. The summed E-state index contributed by atoms with van der Waals surface area (Å²) in [6.07, 6.45) is 5.74. The van der Waals surface area contributed by atoms with Crippen LogP contribution in [0.25, 0.3) is 5.76 Å². The Bertz CT molecular complexity index is 1250. The number of aryl methyl sites for hydroxylation is 1. The molecule has 1 aliphatic heterocycles. The normalized spacial score (nSPS) is 17.1. The second-order valence-corrected chi connectivity index (χ2v) is 8.04. The van der Waals surface area contributed by atoms with Crippen molar-refractivity contribution in [2.45, 2.75) is 25.9 Å². The summed E-state index contributed by atoms with van der Waals surface area (Å²) in [6, 6.07) is 10.5. The lowest BCUT2D eigenvalue weighted by Gasteiger charge is -2.26. The third-order valence-electron chi connectivity index (χ3n) is 5.85. The Morgan fingerprint density at radius 1 is 1.14 bits per heavy atom. The van der Waals surface area contributed by atoms with Crippen LogP contribution in [-0.4, -0.2) is 56.6 Å². The average Bonchev–Trinajstić information content (AvgIpc) is 3.47. The summed E-state index contributed by atoms with van der Waals surface area (Å²) in [5, 5.41) is 21.3. The molecule has 3 aromatic rings. The first-order chi connectivity index (χ1) is 16.9. The number of phenols is 1. The summed E-state index contributed by atoms with van der Waals surface area (Å²) in [7, 11) is 1.42. The molecule has 1 atom stereocenters. The maximum atomic E-state index is 13.2. The number of nitrogens with zero attached hydrogens (tertiary/aromatic N) is 3. The summed E-state index contributed by atoms with van der Waals surface area (Å²) in [5.74, 6) is -1.10. The van der Waals surface area contributed by atoms with Gasteiger partial charge in [0.1, 0.15) is 11.5 Å². The molecule has 0 saturated carbocycles.